The van der Waals surface area contributed by atoms with E-state index in [1.165, 1.54) is 23.1 Å². The third-order valence-electron chi connectivity index (χ3n) is 7.53. The highest BCUT2D eigenvalue weighted by Gasteiger charge is 2.48. The van der Waals surface area contributed by atoms with Crippen LogP contribution in [0.2, 0.25) is 15.1 Å². The first kappa shape index (κ1) is 31.4. The van der Waals surface area contributed by atoms with Gasteiger partial charge in [0.1, 0.15) is 5.54 Å². The van der Waals surface area contributed by atoms with Crippen LogP contribution >= 0.6 is 34.8 Å². The lowest BCUT2D eigenvalue weighted by Crippen LogP contribution is -2.57. The van der Waals surface area contributed by atoms with E-state index in [9.17, 15) is 23.3 Å². The SMILES string of the molecule is CCOC(=O)N1CCC(C#N)(NC(=O)[C@@H]2C[C@@H](S(=O)(=O)c3ccc(Cl)cc3Cl)C[C@@H]2OCc2ccc(Cl)cc2)CC1. The Morgan fingerprint density at radius 3 is 2.34 bits per heavy atom. The average Bonchev–Trinajstić information content (AvgIpc) is 3.38. The maximum Gasteiger partial charge on any atom is 0.409 e. The van der Waals surface area contributed by atoms with E-state index in [-0.39, 0.29) is 61.9 Å². The van der Waals surface area contributed by atoms with Gasteiger partial charge in [-0.3, -0.25) is 4.79 Å². The van der Waals surface area contributed by atoms with Gasteiger partial charge in [-0.15, -0.1) is 0 Å². The van der Waals surface area contributed by atoms with Gasteiger partial charge in [-0.1, -0.05) is 46.9 Å². The number of carbonyl (C=O) groups is 2. The van der Waals surface area contributed by atoms with E-state index in [1.54, 1.807) is 31.2 Å². The topological polar surface area (TPSA) is 126 Å². The molecule has 13 heteroatoms. The van der Waals surface area contributed by atoms with E-state index in [4.69, 9.17) is 44.3 Å². The molecule has 41 heavy (non-hydrogen) atoms. The minimum Gasteiger partial charge on any atom is -0.450 e. The fraction of sp³-hybridized carbons (Fsp3) is 0.464. The molecule has 0 unspecified atom stereocenters. The van der Waals surface area contributed by atoms with Gasteiger partial charge in [0.05, 0.1) is 46.5 Å². The highest BCUT2D eigenvalue weighted by Crippen LogP contribution is 2.39. The number of nitriles is 1. The first-order valence-corrected chi connectivity index (χ1v) is 15.9. The molecule has 1 aliphatic heterocycles. The molecule has 0 bridgehead atoms. The number of likely N-dealkylation sites (tertiary alicyclic amines) is 1. The van der Waals surface area contributed by atoms with Gasteiger partial charge in [0.2, 0.25) is 5.91 Å². The lowest BCUT2D eigenvalue weighted by Gasteiger charge is -2.38. The van der Waals surface area contributed by atoms with Crippen LogP contribution in [0.15, 0.2) is 47.4 Å². The predicted octanol–water partition coefficient (Wildman–Crippen LogP) is 5.42. The maximum atomic E-state index is 13.7. The number of amides is 2. The van der Waals surface area contributed by atoms with Crippen LogP contribution in [-0.2, 0) is 30.7 Å². The zero-order valence-corrected chi connectivity index (χ0v) is 25.4. The minimum absolute atomic E-state index is 0.000766. The number of hydrogen-bond donors (Lipinski definition) is 1. The first-order chi connectivity index (χ1) is 19.5. The summed E-state index contributed by atoms with van der Waals surface area (Å²) in [6, 6.07) is 13.4. The van der Waals surface area contributed by atoms with Gasteiger partial charge >= 0.3 is 6.09 Å². The zero-order valence-electron chi connectivity index (χ0n) is 22.3. The largest absolute Gasteiger partial charge is 0.450 e. The van der Waals surface area contributed by atoms with E-state index >= 15 is 0 Å². The van der Waals surface area contributed by atoms with Crippen molar-refractivity contribution in [1.29, 1.82) is 5.26 Å². The molecule has 0 radical (unpaired) electrons. The molecule has 9 nitrogen and oxygen atoms in total. The molecule has 2 fully saturated rings. The summed E-state index contributed by atoms with van der Waals surface area (Å²) in [6.07, 6.45) is -0.756. The lowest BCUT2D eigenvalue weighted by molar-refractivity contribution is -0.131. The normalized spacial score (nSPS) is 22.1. The van der Waals surface area contributed by atoms with Crippen molar-refractivity contribution in [1.82, 2.24) is 10.2 Å². The summed E-state index contributed by atoms with van der Waals surface area (Å²) in [6.45, 7) is 2.56. The number of carbonyl (C=O) groups excluding carboxylic acids is 2. The fourth-order valence-electron chi connectivity index (χ4n) is 5.22. The van der Waals surface area contributed by atoms with Gasteiger partial charge in [-0.25, -0.2) is 13.2 Å². The third kappa shape index (κ3) is 7.27. The van der Waals surface area contributed by atoms with Crippen molar-refractivity contribution >= 4 is 56.6 Å². The van der Waals surface area contributed by atoms with Crippen LogP contribution in [0.4, 0.5) is 4.79 Å². The molecule has 0 aromatic heterocycles. The van der Waals surface area contributed by atoms with Gasteiger partial charge in [-0.05, 0) is 55.7 Å². The van der Waals surface area contributed by atoms with Crippen LogP contribution in [0.25, 0.3) is 0 Å². The van der Waals surface area contributed by atoms with Crippen molar-refractivity contribution in [3.63, 3.8) is 0 Å². The Kier molecular flexibility index (Phi) is 10.1. The lowest BCUT2D eigenvalue weighted by atomic mass is 9.88. The standard InChI is InChI=1S/C28H30Cl3N3O6S/c1-2-39-27(36)34-11-9-28(17-32,10-12-34)33-26(35)22-14-21(41(37,38)25-8-7-20(30)13-23(25)31)15-24(22)40-16-18-3-5-19(29)6-4-18/h3-8,13,21-22,24H,2,9-12,14-16H2,1H3,(H,33,35)/t21-,22-,24+/m1/s1. The second kappa shape index (κ2) is 13.2. The van der Waals surface area contributed by atoms with Crippen LogP contribution in [0.3, 0.4) is 0 Å². The van der Waals surface area contributed by atoms with Crippen molar-refractivity contribution in [2.45, 2.75) is 61.0 Å². The minimum atomic E-state index is -3.94. The Labute approximate surface area is 254 Å². The second-order valence-electron chi connectivity index (χ2n) is 10.2. The number of rotatable bonds is 8. The summed E-state index contributed by atoms with van der Waals surface area (Å²) in [5.74, 6) is -1.32. The number of benzene rings is 2. The summed E-state index contributed by atoms with van der Waals surface area (Å²) in [4.78, 5) is 27.2. The number of nitrogens with one attached hydrogen (secondary N) is 1. The molecule has 4 rings (SSSR count). The molecule has 1 N–H and O–H groups in total. The predicted molar refractivity (Wildman–Crippen MR) is 155 cm³/mol. The molecular weight excluding hydrogens is 613 g/mol. The Hall–Kier alpha value is -2.55. The summed E-state index contributed by atoms with van der Waals surface area (Å²) < 4.78 is 38.4. The molecule has 2 aliphatic rings. The van der Waals surface area contributed by atoms with Crippen molar-refractivity contribution in [3.05, 3.63) is 63.1 Å². The molecule has 220 valence electrons. The molecule has 0 spiro atoms. The van der Waals surface area contributed by atoms with Crippen LogP contribution in [0.5, 0.6) is 0 Å². The molecule has 1 saturated carbocycles. The summed E-state index contributed by atoms with van der Waals surface area (Å²) in [5.41, 5.74) is -0.405. The highest BCUT2D eigenvalue weighted by molar-refractivity contribution is 7.92. The smallest absolute Gasteiger partial charge is 0.409 e. The molecule has 2 aromatic carbocycles. The summed E-state index contributed by atoms with van der Waals surface area (Å²) >= 11 is 18.2. The van der Waals surface area contributed by atoms with Crippen molar-refractivity contribution in [2.24, 2.45) is 5.92 Å². The number of hydrogen-bond acceptors (Lipinski definition) is 7. The maximum absolute atomic E-state index is 13.7. The van der Waals surface area contributed by atoms with Gasteiger partial charge in [0, 0.05) is 36.0 Å². The van der Waals surface area contributed by atoms with Crippen LogP contribution < -0.4 is 5.32 Å². The van der Waals surface area contributed by atoms with Crippen LogP contribution in [0.1, 0.15) is 38.2 Å². The Bertz CT molecular complexity index is 1420. The second-order valence-corrected chi connectivity index (χ2v) is 13.6. The number of halogens is 3. The average molecular weight is 643 g/mol. The van der Waals surface area contributed by atoms with Gasteiger partial charge < -0.3 is 19.7 Å². The fourth-order valence-corrected chi connectivity index (χ4v) is 7.92. The quantitative estimate of drug-likeness (QED) is 0.408. The van der Waals surface area contributed by atoms with E-state index in [0.29, 0.717) is 10.0 Å². The highest BCUT2D eigenvalue weighted by atomic mass is 35.5. The molecule has 3 atom stereocenters. The van der Waals surface area contributed by atoms with E-state index in [1.807, 2.05) is 0 Å². The molecule has 2 aromatic rings. The molecule has 2 amide bonds. The van der Waals surface area contributed by atoms with Gasteiger partial charge in [-0.2, -0.15) is 5.26 Å². The van der Waals surface area contributed by atoms with Gasteiger partial charge in [0.15, 0.2) is 9.84 Å². The number of ether oxygens (including phenoxy) is 2. The molecular formula is C28H30Cl3N3O6S. The third-order valence-corrected chi connectivity index (χ3v) is 10.7. The summed E-state index contributed by atoms with van der Waals surface area (Å²) in [5, 5.41) is 12.8. The first-order valence-electron chi connectivity index (χ1n) is 13.2. The van der Waals surface area contributed by atoms with E-state index in [0.717, 1.165) is 5.56 Å². The molecule has 1 heterocycles. The van der Waals surface area contributed by atoms with Crippen molar-refractivity contribution < 1.29 is 27.5 Å². The van der Waals surface area contributed by atoms with Crippen LogP contribution in [-0.4, -0.2) is 61.9 Å². The Morgan fingerprint density at radius 1 is 1.07 bits per heavy atom. The monoisotopic (exact) mass is 641 g/mol. The van der Waals surface area contributed by atoms with Crippen LogP contribution in [0, 0.1) is 17.2 Å². The molecule has 1 aliphatic carbocycles. The summed E-state index contributed by atoms with van der Waals surface area (Å²) in [7, 11) is -3.94. The Balaban J connectivity index is 1.53. The number of nitrogens with zero attached hydrogens (tertiary/aromatic N) is 2. The van der Waals surface area contributed by atoms with Gasteiger partial charge in [0.25, 0.3) is 0 Å². The number of sulfone groups is 1. The van der Waals surface area contributed by atoms with E-state index < -0.39 is 44.6 Å². The zero-order chi connectivity index (χ0) is 29.8. The van der Waals surface area contributed by atoms with Crippen molar-refractivity contribution in [2.75, 3.05) is 19.7 Å². The molecule has 1 saturated heterocycles. The number of piperidine rings is 1. The van der Waals surface area contributed by atoms with E-state index in [2.05, 4.69) is 11.4 Å². The van der Waals surface area contributed by atoms with Crippen molar-refractivity contribution in [3.8, 4) is 6.07 Å². The Morgan fingerprint density at radius 2 is 1.73 bits per heavy atom.